The minimum Gasteiger partial charge on any atom is -0.379 e. The number of carbonyl (C=O) groups excluding carboxylic acids is 1. The number of hydrogen-bond acceptors (Lipinski definition) is 5. The van der Waals surface area contributed by atoms with Crippen LogP contribution in [0, 0.1) is 11.3 Å². The van der Waals surface area contributed by atoms with E-state index >= 15 is 0 Å². The monoisotopic (exact) mass is 442 g/mol. The summed E-state index contributed by atoms with van der Waals surface area (Å²) in [7, 11) is 1.68. The first kappa shape index (κ1) is 21.4. The molecule has 2 aliphatic rings. The Labute approximate surface area is 192 Å². The van der Waals surface area contributed by atoms with Crippen molar-refractivity contribution in [1.29, 1.82) is 5.26 Å². The Morgan fingerprint density at radius 2 is 2.18 bits per heavy atom. The summed E-state index contributed by atoms with van der Waals surface area (Å²) in [6.45, 7) is 0.695. The normalized spacial score (nSPS) is 22.4. The number of amides is 1. The Kier molecular flexibility index (Phi) is 5.95. The van der Waals surface area contributed by atoms with Crippen LogP contribution in [-0.2, 0) is 20.7 Å². The summed E-state index contributed by atoms with van der Waals surface area (Å²) in [6.07, 6.45) is 6.84. The van der Waals surface area contributed by atoms with Gasteiger partial charge in [0.2, 0.25) is 5.91 Å². The molecule has 0 radical (unpaired) electrons. The van der Waals surface area contributed by atoms with Crippen molar-refractivity contribution >= 4 is 22.9 Å². The molecule has 3 aromatic rings. The largest absolute Gasteiger partial charge is 0.379 e. The smallest absolute Gasteiger partial charge is 0.244 e. The third-order valence-corrected chi connectivity index (χ3v) is 6.48. The maximum absolute atomic E-state index is 12.7. The van der Waals surface area contributed by atoms with Gasteiger partial charge in [-0.15, -0.1) is 0 Å². The van der Waals surface area contributed by atoms with E-state index in [1.807, 2.05) is 41.1 Å². The van der Waals surface area contributed by atoms with Crippen molar-refractivity contribution in [2.75, 3.05) is 13.7 Å². The van der Waals surface area contributed by atoms with Crippen molar-refractivity contribution < 1.29 is 14.3 Å². The molecule has 1 fully saturated rings. The molecular weight excluding hydrogens is 416 g/mol. The Hall–Kier alpha value is -3.47. The average Bonchev–Trinajstić information content (AvgIpc) is 3.41. The summed E-state index contributed by atoms with van der Waals surface area (Å²) in [5.41, 5.74) is 4.39. The topological polar surface area (TPSA) is 89.2 Å². The molecular formula is C26H26N4O3. The second-order valence-electron chi connectivity index (χ2n) is 8.50. The quantitative estimate of drug-likeness (QED) is 0.602. The van der Waals surface area contributed by atoms with Crippen LogP contribution in [0.2, 0.25) is 0 Å². The van der Waals surface area contributed by atoms with Gasteiger partial charge in [-0.2, -0.15) is 10.4 Å². The van der Waals surface area contributed by atoms with E-state index in [-0.39, 0.29) is 24.3 Å². The molecule has 2 heterocycles. The minimum atomic E-state index is -0.180. The molecule has 33 heavy (non-hydrogen) atoms. The SMILES string of the molecule is CO[C@H]1Cc2ccccc2[C@@H]1NC(=O)/C=C/c1ccc2c(C#N)nn(C3CCCCO3)c2c1. The standard InChI is InChI=1S/C26H26N4O3/c1-32-23-15-18-6-2-3-7-19(18)26(23)28-24(31)12-10-17-9-11-20-21(16-27)29-30(22(20)14-17)25-8-4-5-13-33-25/h2-3,6-7,9-12,14,23,25-26H,4-5,8,13,15H2,1H3,(H,28,31)/b12-10+/t23-,25?,26-/m0/s1. The molecule has 1 N–H and O–H groups in total. The lowest BCUT2D eigenvalue weighted by Crippen LogP contribution is -2.33. The summed E-state index contributed by atoms with van der Waals surface area (Å²) in [6, 6.07) is 15.8. The van der Waals surface area contributed by atoms with E-state index in [4.69, 9.17) is 9.47 Å². The van der Waals surface area contributed by atoms with Crippen LogP contribution in [0.4, 0.5) is 0 Å². The highest BCUT2D eigenvalue weighted by Crippen LogP contribution is 2.33. The third kappa shape index (κ3) is 4.15. The van der Waals surface area contributed by atoms with Crippen molar-refractivity contribution in [1.82, 2.24) is 15.1 Å². The first-order chi connectivity index (χ1) is 16.2. The third-order valence-electron chi connectivity index (χ3n) is 6.48. The molecule has 0 saturated carbocycles. The molecule has 1 unspecified atom stereocenters. The Bertz CT molecular complexity index is 1250. The van der Waals surface area contributed by atoms with Crippen LogP contribution in [0.5, 0.6) is 0 Å². The predicted molar refractivity (Wildman–Crippen MR) is 124 cm³/mol. The van der Waals surface area contributed by atoms with Crippen molar-refractivity contribution in [3.63, 3.8) is 0 Å². The van der Waals surface area contributed by atoms with Gasteiger partial charge in [0, 0.05) is 31.6 Å². The fraction of sp³-hybridized carbons (Fsp3) is 0.346. The average molecular weight is 443 g/mol. The number of benzene rings is 2. The second kappa shape index (κ2) is 9.18. The summed E-state index contributed by atoms with van der Waals surface area (Å²) in [5.74, 6) is -0.180. The fourth-order valence-corrected chi connectivity index (χ4v) is 4.80. The van der Waals surface area contributed by atoms with Gasteiger partial charge in [-0.25, -0.2) is 4.68 Å². The van der Waals surface area contributed by atoms with Gasteiger partial charge in [0.1, 0.15) is 6.07 Å². The number of methoxy groups -OCH3 is 1. The van der Waals surface area contributed by atoms with Crippen LogP contribution in [-0.4, -0.2) is 35.5 Å². The summed E-state index contributed by atoms with van der Waals surface area (Å²) in [5, 5.41) is 17.9. The van der Waals surface area contributed by atoms with E-state index in [2.05, 4.69) is 22.6 Å². The van der Waals surface area contributed by atoms with E-state index in [0.717, 1.165) is 47.7 Å². The second-order valence-corrected chi connectivity index (χ2v) is 8.50. The van der Waals surface area contributed by atoms with Crippen LogP contribution < -0.4 is 5.32 Å². The van der Waals surface area contributed by atoms with Gasteiger partial charge in [-0.3, -0.25) is 4.79 Å². The summed E-state index contributed by atoms with van der Waals surface area (Å²) >= 11 is 0. The van der Waals surface area contributed by atoms with Crippen LogP contribution in [0.1, 0.15) is 53.9 Å². The first-order valence-electron chi connectivity index (χ1n) is 11.3. The number of nitrogens with one attached hydrogen (secondary N) is 1. The first-order valence-corrected chi connectivity index (χ1v) is 11.3. The van der Waals surface area contributed by atoms with Gasteiger partial charge < -0.3 is 14.8 Å². The van der Waals surface area contributed by atoms with Crippen LogP contribution >= 0.6 is 0 Å². The van der Waals surface area contributed by atoms with Gasteiger partial charge in [-0.05, 0) is 54.2 Å². The van der Waals surface area contributed by atoms with Crippen molar-refractivity contribution in [3.05, 3.63) is 70.9 Å². The molecule has 2 aromatic carbocycles. The molecule has 1 aliphatic carbocycles. The maximum Gasteiger partial charge on any atom is 0.244 e. The van der Waals surface area contributed by atoms with Crippen LogP contribution in [0.15, 0.2) is 48.5 Å². The Balaban J connectivity index is 1.37. The molecule has 0 spiro atoms. The van der Waals surface area contributed by atoms with Crippen molar-refractivity contribution in [2.45, 2.75) is 44.1 Å². The summed E-state index contributed by atoms with van der Waals surface area (Å²) < 4.78 is 13.3. The number of nitriles is 1. The molecule has 3 atom stereocenters. The Morgan fingerprint density at radius 1 is 1.30 bits per heavy atom. The highest BCUT2D eigenvalue weighted by molar-refractivity contribution is 5.93. The number of aromatic nitrogens is 2. The maximum atomic E-state index is 12.7. The van der Waals surface area contributed by atoms with Crippen LogP contribution in [0.25, 0.3) is 17.0 Å². The molecule has 1 amide bonds. The molecule has 1 aliphatic heterocycles. The zero-order valence-corrected chi connectivity index (χ0v) is 18.5. The van der Waals surface area contributed by atoms with E-state index in [9.17, 15) is 10.1 Å². The minimum absolute atomic E-state index is 0.0784. The van der Waals surface area contributed by atoms with E-state index in [0.29, 0.717) is 12.3 Å². The number of fused-ring (bicyclic) bond motifs is 2. The molecule has 7 nitrogen and oxygen atoms in total. The number of carbonyl (C=O) groups is 1. The Morgan fingerprint density at radius 3 is 2.97 bits per heavy atom. The lowest BCUT2D eigenvalue weighted by atomic mass is 10.1. The number of nitrogens with zero attached hydrogens (tertiary/aromatic N) is 3. The van der Waals surface area contributed by atoms with E-state index in [1.165, 1.54) is 11.6 Å². The zero-order chi connectivity index (χ0) is 22.8. The predicted octanol–water partition coefficient (Wildman–Crippen LogP) is 4.05. The highest BCUT2D eigenvalue weighted by atomic mass is 16.5. The molecule has 5 rings (SSSR count). The van der Waals surface area contributed by atoms with Gasteiger partial charge in [0.25, 0.3) is 0 Å². The zero-order valence-electron chi connectivity index (χ0n) is 18.5. The lowest BCUT2D eigenvalue weighted by Gasteiger charge is -2.23. The molecule has 1 aromatic heterocycles. The molecule has 168 valence electrons. The van der Waals surface area contributed by atoms with Crippen molar-refractivity contribution in [3.8, 4) is 6.07 Å². The number of ether oxygens (including phenoxy) is 2. The molecule has 0 bridgehead atoms. The van der Waals surface area contributed by atoms with E-state index < -0.39 is 0 Å². The van der Waals surface area contributed by atoms with Crippen LogP contribution in [0.3, 0.4) is 0 Å². The van der Waals surface area contributed by atoms with Gasteiger partial charge in [-0.1, -0.05) is 30.3 Å². The lowest BCUT2D eigenvalue weighted by molar-refractivity contribution is -0.118. The van der Waals surface area contributed by atoms with Gasteiger partial charge in [0.15, 0.2) is 11.9 Å². The summed E-state index contributed by atoms with van der Waals surface area (Å²) in [4.78, 5) is 12.7. The fourth-order valence-electron chi connectivity index (χ4n) is 4.80. The molecule has 1 saturated heterocycles. The highest BCUT2D eigenvalue weighted by Gasteiger charge is 2.33. The van der Waals surface area contributed by atoms with E-state index in [1.54, 1.807) is 13.2 Å². The molecule has 7 heteroatoms. The van der Waals surface area contributed by atoms with Gasteiger partial charge >= 0.3 is 0 Å². The van der Waals surface area contributed by atoms with Gasteiger partial charge in [0.05, 0.1) is 17.7 Å². The number of hydrogen-bond donors (Lipinski definition) is 1. The number of rotatable bonds is 5. The van der Waals surface area contributed by atoms with Crippen molar-refractivity contribution in [2.24, 2.45) is 0 Å².